The number of hydrogen-bond donors (Lipinski definition) is 1. The van der Waals surface area contributed by atoms with Crippen molar-refractivity contribution < 1.29 is 4.74 Å². The molecule has 1 aromatic rings. The van der Waals surface area contributed by atoms with Crippen molar-refractivity contribution in [3.63, 3.8) is 0 Å². The van der Waals surface area contributed by atoms with Gasteiger partial charge in [-0.3, -0.25) is 0 Å². The van der Waals surface area contributed by atoms with Crippen LogP contribution in [0.1, 0.15) is 121 Å². The van der Waals surface area contributed by atoms with Crippen LogP contribution >= 0.6 is 12.6 Å². The van der Waals surface area contributed by atoms with Crippen LogP contribution in [0.15, 0.2) is 4.90 Å². The van der Waals surface area contributed by atoms with E-state index < -0.39 is 0 Å². The van der Waals surface area contributed by atoms with E-state index in [4.69, 9.17) is 17.4 Å². The van der Waals surface area contributed by atoms with Gasteiger partial charge in [0.1, 0.15) is 11.4 Å². The van der Waals surface area contributed by atoms with Gasteiger partial charge in [0, 0.05) is 4.90 Å². The van der Waals surface area contributed by atoms with Crippen molar-refractivity contribution in [2.75, 3.05) is 0 Å². The average molecular weight is 447 g/mol. The van der Waals surface area contributed by atoms with E-state index in [1.165, 1.54) is 80.0 Å². The number of fused-ring (bicyclic) bond motifs is 1. The van der Waals surface area contributed by atoms with Gasteiger partial charge >= 0.3 is 0 Å². The fourth-order valence-corrected chi connectivity index (χ4v) is 5.58. The molecule has 0 amide bonds. The van der Waals surface area contributed by atoms with Gasteiger partial charge in [0.15, 0.2) is 0 Å². The molecule has 178 valence electrons. The number of hydrogen-bond acceptors (Lipinski definition) is 2. The first-order valence-electron chi connectivity index (χ1n) is 13.0. The Balaban J connectivity index is 1.74. The lowest BCUT2D eigenvalue weighted by Crippen LogP contribution is -2.37. The zero-order chi connectivity index (χ0) is 23.2. The standard InChI is InChI=1S/C29H50OS/c1-20(2)12-9-13-21(3)14-10-15-22(4)16-11-18-29(8)19-17-26-25(7)28(31)24(6)23(5)27(26)30-29/h20-22,31H,9-19H2,1-8H3. The van der Waals surface area contributed by atoms with Crippen molar-refractivity contribution in [1.82, 2.24) is 0 Å². The van der Waals surface area contributed by atoms with E-state index in [2.05, 4.69) is 55.4 Å². The van der Waals surface area contributed by atoms with Gasteiger partial charge in [-0.15, -0.1) is 12.6 Å². The summed E-state index contributed by atoms with van der Waals surface area (Å²) in [5.41, 5.74) is 5.25. The minimum absolute atomic E-state index is 0.0145. The minimum atomic E-state index is -0.0145. The molecule has 2 rings (SSSR count). The summed E-state index contributed by atoms with van der Waals surface area (Å²) in [7, 11) is 0. The van der Waals surface area contributed by atoms with Crippen LogP contribution in [0.2, 0.25) is 0 Å². The summed E-state index contributed by atoms with van der Waals surface area (Å²) in [6.45, 7) is 18.5. The van der Waals surface area contributed by atoms with Crippen molar-refractivity contribution in [3.05, 3.63) is 22.3 Å². The normalized spacial score (nSPS) is 20.5. The Hall–Kier alpha value is -0.630. The zero-order valence-corrected chi connectivity index (χ0v) is 22.8. The number of thiol groups is 1. The summed E-state index contributed by atoms with van der Waals surface area (Å²) in [4.78, 5) is 1.14. The highest BCUT2D eigenvalue weighted by molar-refractivity contribution is 7.80. The van der Waals surface area contributed by atoms with Crippen molar-refractivity contribution in [1.29, 1.82) is 0 Å². The lowest BCUT2D eigenvalue weighted by Gasteiger charge is -2.38. The summed E-state index contributed by atoms with van der Waals surface area (Å²) in [5.74, 6) is 3.74. The van der Waals surface area contributed by atoms with Crippen molar-refractivity contribution >= 4 is 12.6 Å². The van der Waals surface area contributed by atoms with Crippen LogP contribution in [0.25, 0.3) is 0 Å². The Morgan fingerprint density at radius 1 is 0.806 bits per heavy atom. The summed E-state index contributed by atoms with van der Waals surface area (Å²) >= 11 is 4.75. The van der Waals surface area contributed by atoms with Crippen LogP contribution < -0.4 is 4.74 Å². The highest BCUT2D eigenvalue weighted by atomic mass is 32.1. The molecule has 1 nitrogen and oxygen atoms in total. The van der Waals surface area contributed by atoms with Gasteiger partial charge < -0.3 is 4.74 Å². The number of rotatable bonds is 12. The van der Waals surface area contributed by atoms with Gasteiger partial charge in [-0.25, -0.2) is 0 Å². The molecule has 3 atom stereocenters. The van der Waals surface area contributed by atoms with E-state index in [1.807, 2.05) is 0 Å². The summed E-state index contributed by atoms with van der Waals surface area (Å²) in [6.07, 6.45) is 14.4. The van der Waals surface area contributed by atoms with Gasteiger partial charge in [0.2, 0.25) is 0 Å². The molecular weight excluding hydrogens is 396 g/mol. The van der Waals surface area contributed by atoms with Crippen LogP contribution in [-0.4, -0.2) is 5.60 Å². The summed E-state index contributed by atoms with van der Waals surface area (Å²) < 4.78 is 6.68. The van der Waals surface area contributed by atoms with Crippen molar-refractivity contribution in [2.24, 2.45) is 17.8 Å². The predicted octanol–water partition coefficient (Wildman–Crippen LogP) is 9.42. The average Bonchev–Trinajstić information content (AvgIpc) is 2.70. The van der Waals surface area contributed by atoms with Crippen molar-refractivity contribution in [3.8, 4) is 5.75 Å². The van der Waals surface area contributed by atoms with Gasteiger partial charge in [-0.1, -0.05) is 72.6 Å². The second kappa shape index (κ2) is 12.0. The molecule has 1 aliphatic heterocycles. The first-order chi connectivity index (χ1) is 14.5. The smallest absolute Gasteiger partial charge is 0.126 e. The van der Waals surface area contributed by atoms with E-state index in [0.29, 0.717) is 0 Å². The first kappa shape index (κ1) is 26.6. The predicted molar refractivity (Wildman–Crippen MR) is 140 cm³/mol. The molecule has 0 spiro atoms. The first-order valence-corrected chi connectivity index (χ1v) is 13.5. The van der Waals surface area contributed by atoms with Gasteiger partial charge in [0.25, 0.3) is 0 Å². The molecule has 0 fully saturated rings. The van der Waals surface area contributed by atoms with E-state index in [1.54, 1.807) is 0 Å². The molecule has 31 heavy (non-hydrogen) atoms. The van der Waals surface area contributed by atoms with Crippen LogP contribution in [-0.2, 0) is 6.42 Å². The molecule has 1 heterocycles. The third kappa shape index (κ3) is 7.72. The fourth-order valence-electron chi connectivity index (χ4n) is 5.27. The second-order valence-corrected chi connectivity index (χ2v) is 11.9. The highest BCUT2D eigenvalue weighted by Gasteiger charge is 2.33. The molecule has 1 aromatic carbocycles. The maximum atomic E-state index is 6.68. The monoisotopic (exact) mass is 446 g/mol. The second-order valence-electron chi connectivity index (χ2n) is 11.4. The van der Waals surface area contributed by atoms with Crippen LogP contribution in [0.3, 0.4) is 0 Å². The maximum absolute atomic E-state index is 6.68. The van der Waals surface area contributed by atoms with Crippen LogP contribution in [0, 0.1) is 38.5 Å². The third-order valence-electron chi connectivity index (χ3n) is 7.87. The fraction of sp³-hybridized carbons (Fsp3) is 0.793. The summed E-state index contributed by atoms with van der Waals surface area (Å²) in [5, 5.41) is 0. The topological polar surface area (TPSA) is 9.23 Å². The van der Waals surface area contributed by atoms with Crippen LogP contribution in [0.5, 0.6) is 5.75 Å². The maximum Gasteiger partial charge on any atom is 0.126 e. The Bertz CT molecular complexity index is 707. The lowest BCUT2D eigenvalue weighted by molar-refractivity contribution is 0.0512. The van der Waals surface area contributed by atoms with Gasteiger partial charge in [-0.2, -0.15) is 0 Å². The largest absolute Gasteiger partial charge is 0.487 e. The molecule has 0 radical (unpaired) electrons. The quantitative estimate of drug-likeness (QED) is 0.314. The molecule has 2 heteroatoms. The number of benzene rings is 1. The molecule has 0 saturated heterocycles. The molecule has 0 N–H and O–H groups in total. The molecular formula is C29H50OS. The number of ether oxygens (including phenoxy) is 1. The Morgan fingerprint density at radius 2 is 1.35 bits per heavy atom. The Kier molecular flexibility index (Phi) is 10.3. The van der Waals surface area contributed by atoms with Gasteiger partial charge in [0.05, 0.1) is 0 Å². The molecule has 0 saturated carbocycles. The Morgan fingerprint density at radius 3 is 1.94 bits per heavy atom. The van der Waals surface area contributed by atoms with E-state index in [0.717, 1.165) is 41.2 Å². The highest BCUT2D eigenvalue weighted by Crippen LogP contribution is 2.43. The molecule has 0 bridgehead atoms. The van der Waals surface area contributed by atoms with Crippen LogP contribution in [0.4, 0.5) is 0 Å². The lowest BCUT2D eigenvalue weighted by atomic mass is 9.84. The zero-order valence-electron chi connectivity index (χ0n) is 21.9. The Labute approximate surface area is 199 Å². The summed E-state index contributed by atoms with van der Waals surface area (Å²) in [6, 6.07) is 0. The minimum Gasteiger partial charge on any atom is -0.487 e. The SMILES string of the molecule is Cc1c(C)c2c(c(C)c1S)CCC(C)(CCCC(C)CCCC(C)CCCC(C)C)O2. The molecule has 3 unspecified atom stereocenters. The van der Waals surface area contributed by atoms with Crippen molar-refractivity contribution in [2.45, 2.75) is 137 Å². The van der Waals surface area contributed by atoms with E-state index in [9.17, 15) is 0 Å². The van der Waals surface area contributed by atoms with Gasteiger partial charge in [-0.05, 0) is 93.4 Å². The molecule has 1 aliphatic rings. The molecule has 0 aliphatic carbocycles. The van der Waals surface area contributed by atoms with E-state index >= 15 is 0 Å². The third-order valence-corrected chi connectivity index (χ3v) is 8.54. The van der Waals surface area contributed by atoms with E-state index in [-0.39, 0.29) is 5.60 Å². The molecule has 0 aromatic heterocycles.